The highest BCUT2D eigenvalue weighted by Crippen LogP contribution is 2.41. The number of pyridine rings is 1. The number of piperidine rings is 1. The zero-order valence-electron chi connectivity index (χ0n) is 16.1. The van der Waals surface area contributed by atoms with Crippen LogP contribution in [0.15, 0.2) is 70.5 Å². The van der Waals surface area contributed by atoms with E-state index in [2.05, 4.69) is 10.3 Å². The molecule has 3 aromatic rings. The van der Waals surface area contributed by atoms with E-state index in [1.807, 2.05) is 24.3 Å². The van der Waals surface area contributed by atoms with Crippen molar-refractivity contribution in [1.82, 2.24) is 9.29 Å². The third kappa shape index (κ3) is 3.01. The highest BCUT2D eigenvalue weighted by molar-refractivity contribution is 7.91. The molecule has 30 heavy (non-hydrogen) atoms. The Labute approximate surface area is 179 Å². The van der Waals surface area contributed by atoms with Crippen LogP contribution in [0.1, 0.15) is 23.2 Å². The van der Waals surface area contributed by atoms with Gasteiger partial charge < -0.3 is 5.32 Å². The second-order valence-electron chi connectivity index (χ2n) is 7.39. The van der Waals surface area contributed by atoms with Crippen LogP contribution in [0.2, 0.25) is 0 Å². The molecule has 0 bridgehead atoms. The number of carbonyl (C=O) groups is 1. The summed E-state index contributed by atoms with van der Waals surface area (Å²) in [6.45, 7) is 0.638. The number of benzene rings is 1. The summed E-state index contributed by atoms with van der Waals surface area (Å²) in [6.07, 6.45) is 4.27. The minimum Gasteiger partial charge on any atom is -0.362 e. The summed E-state index contributed by atoms with van der Waals surface area (Å²) in [5.74, 6) is -0.105. The molecule has 2 aromatic heterocycles. The molecule has 1 aromatic carbocycles. The minimum atomic E-state index is -3.52. The maximum Gasteiger partial charge on any atom is 0.262 e. The van der Waals surface area contributed by atoms with Crippen molar-refractivity contribution in [2.75, 3.05) is 23.3 Å². The Morgan fingerprint density at radius 3 is 2.53 bits per heavy atom. The maximum absolute atomic E-state index is 13.5. The fourth-order valence-corrected chi connectivity index (χ4v) is 6.82. The van der Waals surface area contributed by atoms with Crippen LogP contribution in [0.3, 0.4) is 0 Å². The number of amides is 1. The Morgan fingerprint density at radius 1 is 1.03 bits per heavy atom. The first-order valence-electron chi connectivity index (χ1n) is 9.67. The quantitative estimate of drug-likeness (QED) is 0.675. The van der Waals surface area contributed by atoms with Crippen molar-refractivity contribution < 1.29 is 13.2 Å². The fourth-order valence-electron chi connectivity index (χ4n) is 4.23. The van der Waals surface area contributed by atoms with Crippen molar-refractivity contribution in [2.45, 2.75) is 22.7 Å². The van der Waals surface area contributed by atoms with Crippen molar-refractivity contribution >= 4 is 38.6 Å². The highest BCUT2D eigenvalue weighted by Gasteiger charge is 2.48. The molecule has 0 radical (unpaired) electrons. The number of carbonyl (C=O) groups excluding carboxylic acids is 1. The molecule has 1 spiro atoms. The van der Waals surface area contributed by atoms with Gasteiger partial charge in [-0.15, -0.1) is 11.3 Å². The van der Waals surface area contributed by atoms with Crippen LogP contribution in [-0.4, -0.2) is 42.4 Å². The molecule has 0 aliphatic carbocycles. The van der Waals surface area contributed by atoms with Crippen LogP contribution in [-0.2, 0) is 10.0 Å². The Bertz CT molecular complexity index is 1170. The fraction of sp³-hybridized carbons (Fsp3) is 0.238. The second kappa shape index (κ2) is 7.19. The van der Waals surface area contributed by atoms with Crippen molar-refractivity contribution in [3.05, 3.63) is 71.9 Å². The largest absolute Gasteiger partial charge is 0.362 e. The number of hydrogen-bond donors (Lipinski definition) is 1. The van der Waals surface area contributed by atoms with Crippen LogP contribution < -0.4 is 10.2 Å². The van der Waals surface area contributed by atoms with Crippen LogP contribution in [0.4, 0.5) is 11.4 Å². The lowest BCUT2D eigenvalue weighted by Crippen LogP contribution is -2.64. The van der Waals surface area contributed by atoms with E-state index in [-0.39, 0.29) is 5.91 Å². The number of anilines is 2. The van der Waals surface area contributed by atoms with Crippen molar-refractivity contribution in [3.8, 4) is 0 Å². The van der Waals surface area contributed by atoms with E-state index in [1.165, 1.54) is 15.6 Å². The first kappa shape index (κ1) is 19.2. The molecule has 1 saturated heterocycles. The van der Waals surface area contributed by atoms with Crippen LogP contribution in [0, 0.1) is 0 Å². The number of aromatic nitrogens is 1. The van der Waals surface area contributed by atoms with Gasteiger partial charge >= 0.3 is 0 Å². The SMILES string of the molecule is O=C1c2ccccc2NC2(CCN(S(=O)(=O)c3cccs3)CC2)N1c1cccnc1. The number of sulfonamides is 1. The second-order valence-corrected chi connectivity index (χ2v) is 10.5. The van der Waals surface area contributed by atoms with Gasteiger partial charge in [-0.25, -0.2) is 8.42 Å². The van der Waals surface area contributed by atoms with E-state index < -0.39 is 15.7 Å². The molecule has 4 heterocycles. The lowest BCUT2D eigenvalue weighted by atomic mass is 9.90. The van der Waals surface area contributed by atoms with Gasteiger partial charge in [0.1, 0.15) is 9.87 Å². The summed E-state index contributed by atoms with van der Waals surface area (Å²) in [5.41, 5.74) is 1.35. The lowest BCUT2D eigenvalue weighted by molar-refractivity contribution is 0.0931. The highest BCUT2D eigenvalue weighted by atomic mass is 32.2. The van der Waals surface area contributed by atoms with E-state index >= 15 is 0 Å². The van der Waals surface area contributed by atoms with E-state index in [9.17, 15) is 13.2 Å². The lowest BCUT2D eigenvalue weighted by Gasteiger charge is -2.51. The third-order valence-corrected chi connectivity index (χ3v) is 8.97. The van der Waals surface area contributed by atoms with Gasteiger partial charge in [-0.1, -0.05) is 18.2 Å². The Kier molecular flexibility index (Phi) is 4.61. The number of fused-ring (bicyclic) bond motifs is 1. The molecule has 0 unspecified atom stereocenters. The molecule has 7 nitrogen and oxygen atoms in total. The van der Waals surface area contributed by atoms with Gasteiger partial charge in [0.25, 0.3) is 15.9 Å². The number of para-hydroxylation sites is 1. The number of thiophene rings is 1. The first-order chi connectivity index (χ1) is 14.5. The summed E-state index contributed by atoms with van der Waals surface area (Å²) in [4.78, 5) is 19.4. The van der Waals surface area contributed by atoms with Gasteiger partial charge in [0.2, 0.25) is 0 Å². The maximum atomic E-state index is 13.5. The Hall–Kier alpha value is -2.75. The van der Waals surface area contributed by atoms with E-state index in [4.69, 9.17) is 0 Å². The van der Waals surface area contributed by atoms with E-state index in [1.54, 1.807) is 46.9 Å². The molecule has 2 aliphatic heterocycles. The third-order valence-electron chi connectivity index (χ3n) is 5.70. The normalized spacial score (nSPS) is 18.8. The van der Waals surface area contributed by atoms with Gasteiger partial charge in [-0.05, 0) is 35.7 Å². The number of nitrogens with zero attached hydrogens (tertiary/aromatic N) is 3. The number of hydrogen-bond acceptors (Lipinski definition) is 6. The summed E-state index contributed by atoms with van der Waals surface area (Å²) in [7, 11) is -3.52. The molecule has 1 N–H and O–H groups in total. The van der Waals surface area contributed by atoms with Crippen LogP contribution in [0.5, 0.6) is 0 Å². The van der Waals surface area contributed by atoms with E-state index in [0.717, 1.165) is 5.69 Å². The van der Waals surface area contributed by atoms with Gasteiger partial charge in [-0.3, -0.25) is 14.7 Å². The molecule has 154 valence electrons. The van der Waals surface area contributed by atoms with Crippen molar-refractivity contribution in [3.63, 3.8) is 0 Å². The standard InChI is InChI=1S/C21H20N4O3S2/c26-20-17-6-1-2-7-18(17)23-21(25(20)16-5-3-11-22-15-16)9-12-24(13-10-21)30(27,28)19-8-4-14-29-19/h1-8,11,14-15,23H,9-10,12-13H2. The predicted octanol–water partition coefficient (Wildman–Crippen LogP) is 3.40. The summed E-state index contributed by atoms with van der Waals surface area (Å²) in [5, 5.41) is 5.32. The number of nitrogens with one attached hydrogen (secondary N) is 1. The number of rotatable bonds is 3. The zero-order valence-corrected chi connectivity index (χ0v) is 17.7. The van der Waals surface area contributed by atoms with Crippen LogP contribution >= 0.6 is 11.3 Å². The Morgan fingerprint density at radius 2 is 1.83 bits per heavy atom. The topological polar surface area (TPSA) is 82.6 Å². The first-order valence-corrected chi connectivity index (χ1v) is 12.0. The van der Waals surface area contributed by atoms with Gasteiger partial charge in [-0.2, -0.15) is 4.31 Å². The molecule has 9 heteroatoms. The molecule has 0 saturated carbocycles. The van der Waals surface area contributed by atoms with Crippen LogP contribution in [0.25, 0.3) is 0 Å². The van der Waals surface area contributed by atoms with Gasteiger partial charge in [0.15, 0.2) is 0 Å². The van der Waals surface area contributed by atoms with E-state index in [0.29, 0.717) is 41.4 Å². The molecule has 1 fully saturated rings. The average Bonchev–Trinajstić information content (AvgIpc) is 3.31. The van der Waals surface area contributed by atoms with Crippen molar-refractivity contribution in [1.29, 1.82) is 0 Å². The molecular formula is C21H20N4O3S2. The molecule has 5 rings (SSSR count). The summed E-state index contributed by atoms with van der Waals surface area (Å²) < 4.78 is 27.8. The smallest absolute Gasteiger partial charge is 0.262 e. The zero-order chi connectivity index (χ0) is 20.8. The summed E-state index contributed by atoms with van der Waals surface area (Å²) in [6, 6.07) is 14.5. The van der Waals surface area contributed by atoms with Gasteiger partial charge in [0, 0.05) is 37.8 Å². The molecule has 0 atom stereocenters. The van der Waals surface area contributed by atoms with Gasteiger partial charge in [0.05, 0.1) is 17.4 Å². The minimum absolute atomic E-state index is 0.105. The Balaban J connectivity index is 1.51. The molecule has 1 amide bonds. The average molecular weight is 441 g/mol. The molecule has 2 aliphatic rings. The monoisotopic (exact) mass is 440 g/mol. The molecular weight excluding hydrogens is 420 g/mol. The predicted molar refractivity (Wildman–Crippen MR) is 116 cm³/mol. The summed E-state index contributed by atoms with van der Waals surface area (Å²) >= 11 is 1.22. The van der Waals surface area contributed by atoms with Crippen molar-refractivity contribution in [2.24, 2.45) is 0 Å².